The minimum Gasteiger partial charge on any atom is -0.357 e. The Kier molecular flexibility index (Phi) is 5.79. The molecule has 0 saturated heterocycles. The van der Waals surface area contributed by atoms with Gasteiger partial charge in [0.05, 0.1) is 6.54 Å². The van der Waals surface area contributed by atoms with E-state index in [1.54, 1.807) is 0 Å². The van der Waals surface area contributed by atoms with E-state index >= 15 is 0 Å². The highest BCUT2D eigenvalue weighted by atomic mass is 15.3. The topological polar surface area (TPSA) is 67.1 Å². The molecule has 1 aliphatic rings. The molecule has 0 amide bonds. The van der Waals surface area contributed by atoms with Crippen LogP contribution >= 0.6 is 0 Å². The van der Waals surface area contributed by atoms with Crippen LogP contribution in [-0.4, -0.2) is 33.3 Å². The van der Waals surface area contributed by atoms with Gasteiger partial charge in [-0.15, -0.1) is 10.2 Å². The Morgan fingerprint density at radius 3 is 2.79 bits per heavy atom. The predicted octanol–water partition coefficient (Wildman–Crippen LogP) is 3.62. The monoisotopic (exact) mass is 390 g/mol. The normalized spacial score (nSPS) is 16.8. The van der Waals surface area contributed by atoms with E-state index in [0.717, 1.165) is 43.5 Å². The summed E-state index contributed by atoms with van der Waals surface area (Å²) in [4.78, 5) is 4.84. The van der Waals surface area contributed by atoms with Crippen molar-refractivity contribution in [1.82, 2.24) is 25.4 Å². The highest BCUT2D eigenvalue weighted by molar-refractivity contribution is 5.83. The van der Waals surface area contributed by atoms with Crippen molar-refractivity contribution in [3.63, 3.8) is 0 Å². The maximum atomic E-state index is 4.84. The average Bonchev–Trinajstić information content (AvgIpc) is 3.15. The van der Waals surface area contributed by atoms with Crippen LogP contribution in [-0.2, 0) is 19.5 Å². The molecular formula is C23H30N6. The number of nitrogens with zero attached hydrogens (tertiary/aromatic N) is 4. The first-order chi connectivity index (χ1) is 14.1. The van der Waals surface area contributed by atoms with Gasteiger partial charge in [0.1, 0.15) is 11.6 Å². The first-order valence-corrected chi connectivity index (χ1v) is 10.6. The fourth-order valence-electron chi connectivity index (χ4n) is 3.91. The number of nitrogens with one attached hydrogen (secondary N) is 2. The van der Waals surface area contributed by atoms with Crippen molar-refractivity contribution in [2.75, 3.05) is 6.54 Å². The van der Waals surface area contributed by atoms with Crippen LogP contribution in [0.4, 0.5) is 0 Å². The van der Waals surface area contributed by atoms with E-state index in [1.807, 2.05) is 0 Å². The fraction of sp³-hybridized carbons (Fsp3) is 0.435. The van der Waals surface area contributed by atoms with Crippen molar-refractivity contribution < 1.29 is 0 Å². The molecule has 0 aliphatic carbocycles. The van der Waals surface area contributed by atoms with E-state index in [9.17, 15) is 0 Å². The van der Waals surface area contributed by atoms with Gasteiger partial charge in [0, 0.05) is 31.5 Å². The SMILES string of the molecule is CCNC(=NCc1ccc2ccccc2c1)NC1CCc2nnc(C(C)C)n2C1. The van der Waals surface area contributed by atoms with Crippen LogP contribution in [0.25, 0.3) is 10.8 Å². The average molecular weight is 391 g/mol. The van der Waals surface area contributed by atoms with E-state index in [1.165, 1.54) is 16.3 Å². The third kappa shape index (κ3) is 4.42. The van der Waals surface area contributed by atoms with Gasteiger partial charge in [0.25, 0.3) is 0 Å². The maximum absolute atomic E-state index is 4.84. The highest BCUT2D eigenvalue weighted by Crippen LogP contribution is 2.20. The molecule has 1 unspecified atom stereocenters. The van der Waals surface area contributed by atoms with Gasteiger partial charge in [-0.05, 0) is 35.7 Å². The van der Waals surface area contributed by atoms with Crippen molar-refractivity contribution >= 4 is 16.7 Å². The summed E-state index contributed by atoms with van der Waals surface area (Å²) >= 11 is 0. The molecule has 29 heavy (non-hydrogen) atoms. The minimum absolute atomic E-state index is 0.324. The second-order valence-corrected chi connectivity index (χ2v) is 8.00. The number of hydrogen-bond acceptors (Lipinski definition) is 3. The van der Waals surface area contributed by atoms with Gasteiger partial charge >= 0.3 is 0 Å². The van der Waals surface area contributed by atoms with E-state index in [2.05, 4.69) is 88.6 Å². The second kappa shape index (κ2) is 8.64. The zero-order chi connectivity index (χ0) is 20.2. The smallest absolute Gasteiger partial charge is 0.191 e. The summed E-state index contributed by atoms with van der Waals surface area (Å²) in [7, 11) is 0. The molecule has 3 aromatic rings. The zero-order valence-corrected chi connectivity index (χ0v) is 17.5. The minimum atomic E-state index is 0.324. The lowest BCUT2D eigenvalue weighted by atomic mass is 10.1. The van der Waals surface area contributed by atoms with Crippen LogP contribution in [0.1, 0.15) is 50.3 Å². The van der Waals surface area contributed by atoms with Crippen molar-refractivity contribution in [2.24, 2.45) is 4.99 Å². The highest BCUT2D eigenvalue weighted by Gasteiger charge is 2.24. The van der Waals surface area contributed by atoms with Gasteiger partial charge in [0.15, 0.2) is 5.96 Å². The fourth-order valence-corrected chi connectivity index (χ4v) is 3.91. The molecule has 1 atom stereocenters. The standard InChI is InChI=1S/C23H30N6/c1-4-24-23(25-14-17-9-10-18-7-5-6-8-19(18)13-17)26-20-11-12-21-27-28-22(16(2)3)29(21)15-20/h5-10,13,16,20H,4,11-12,14-15H2,1-3H3,(H2,24,25,26). The van der Waals surface area contributed by atoms with Gasteiger partial charge in [-0.2, -0.15) is 0 Å². The third-order valence-corrected chi connectivity index (χ3v) is 5.41. The molecule has 0 bridgehead atoms. The van der Waals surface area contributed by atoms with E-state index in [-0.39, 0.29) is 0 Å². The number of benzene rings is 2. The summed E-state index contributed by atoms with van der Waals surface area (Å²) in [5.41, 5.74) is 1.22. The largest absolute Gasteiger partial charge is 0.357 e. The van der Waals surface area contributed by atoms with Crippen LogP contribution in [0, 0.1) is 0 Å². The number of fused-ring (bicyclic) bond motifs is 2. The Balaban J connectivity index is 1.46. The third-order valence-electron chi connectivity index (χ3n) is 5.41. The molecule has 152 valence electrons. The number of aromatic nitrogens is 3. The molecule has 1 aliphatic heterocycles. The number of hydrogen-bond donors (Lipinski definition) is 2. The van der Waals surface area contributed by atoms with Gasteiger partial charge < -0.3 is 15.2 Å². The molecule has 6 heteroatoms. The van der Waals surface area contributed by atoms with Crippen molar-refractivity contribution in [2.45, 2.75) is 58.7 Å². The first-order valence-electron chi connectivity index (χ1n) is 10.6. The van der Waals surface area contributed by atoms with Crippen molar-refractivity contribution in [3.05, 3.63) is 59.7 Å². The summed E-state index contributed by atoms with van der Waals surface area (Å²) in [5, 5.41) is 18.3. The van der Waals surface area contributed by atoms with Crippen LogP contribution in [0.15, 0.2) is 47.5 Å². The van der Waals surface area contributed by atoms with Crippen molar-refractivity contribution in [3.8, 4) is 0 Å². The summed E-state index contributed by atoms with van der Waals surface area (Å²) in [6.07, 6.45) is 1.98. The lowest BCUT2D eigenvalue weighted by molar-refractivity contribution is 0.408. The Hall–Kier alpha value is -2.89. The number of aliphatic imine (C=N–C) groups is 1. The lowest BCUT2D eigenvalue weighted by Crippen LogP contribution is -2.47. The van der Waals surface area contributed by atoms with E-state index < -0.39 is 0 Å². The van der Waals surface area contributed by atoms with Gasteiger partial charge in [-0.1, -0.05) is 50.2 Å². The number of guanidine groups is 1. The molecule has 1 aromatic heterocycles. The number of aryl methyl sites for hydroxylation is 1. The Morgan fingerprint density at radius 2 is 2.00 bits per heavy atom. The summed E-state index contributed by atoms with van der Waals surface area (Å²) in [6.45, 7) is 8.82. The predicted molar refractivity (Wildman–Crippen MR) is 118 cm³/mol. The zero-order valence-electron chi connectivity index (χ0n) is 17.5. The molecule has 0 spiro atoms. The van der Waals surface area contributed by atoms with Gasteiger partial charge in [-0.3, -0.25) is 0 Å². The molecule has 0 radical (unpaired) electrons. The molecule has 0 saturated carbocycles. The first kappa shape index (κ1) is 19.4. The van der Waals surface area contributed by atoms with Crippen LogP contribution < -0.4 is 10.6 Å². The lowest BCUT2D eigenvalue weighted by Gasteiger charge is -2.27. The molecule has 6 nitrogen and oxygen atoms in total. The van der Waals surface area contributed by atoms with Crippen molar-refractivity contribution in [1.29, 1.82) is 0 Å². The Labute approximate surface area is 172 Å². The Morgan fingerprint density at radius 1 is 1.17 bits per heavy atom. The van der Waals surface area contributed by atoms with E-state index in [0.29, 0.717) is 18.5 Å². The van der Waals surface area contributed by atoms with Crippen LogP contribution in [0.2, 0.25) is 0 Å². The van der Waals surface area contributed by atoms with Crippen LogP contribution in [0.3, 0.4) is 0 Å². The quantitative estimate of drug-likeness (QED) is 0.516. The summed E-state index contributed by atoms with van der Waals surface area (Å²) in [6, 6.07) is 15.3. The summed E-state index contributed by atoms with van der Waals surface area (Å²) < 4.78 is 2.28. The molecule has 0 fully saturated rings. The van der Waals surface area contributed by atoms with Gasteiger partial charge in [-0.25, -0.2) is 4.99 Å². The van der Waals surface area contributed by atoms with Gasteiger partial charge in [0.2, 0.25) is 0 Å². The molecule has 2 aromatic carbocycles. The van der Waals surface area contributed by atoms with Crippen LogP contribution in [0.5, 0.6) is 0 Å². The Bertz CT molecular complexity index is 1000. The second-order valence-electron chi connectivity index (χ2n) is 8.00. The number of rotatable bonds is 5. The maximum Gasteiger partial charge on any atom is 0.191 e. The molecule has 4 rings (SSSR count). The molecule has 2 N–H and O–H groups in total. The van der Waals surface area contributed by atoms with E-state index in [4.69, 9.17) is 4.99 Å². The molecule has 2 heterocycles. The summed E-state index contributed by atoms with van der Waals surface area (Å²) in [5.74, 6) is 3.42. The molecular weight excluding hydrogens is 360 g/mol.